The number of esters is 1. The smallest absolute Gasteiger partial charge is 0.337 e. The molecule has 0 saturated carbocycles. The van der Waals surface area contributed by atoms with E-state index in [1.54, 1.807) is 24.3 Å². The number of ether oxygens (including phenoxy) is 1. The molecule has 0 radical (unpaired) electrons. The summed E-state index contributed by atoms with van der Waals surface area (Å²) in [4.78, 5) is 23.7. The van der Waals surface area contributed by atoms with Gasteiger partial charge in [-0.25, -0.2) is 4.79 Å². The van der Waals surface area contributed by atoms with Gasteiger partial charge in [-0.2, -0.15) is 0 Å². The van der Waals surface area contributed by atoms with E-state index in [9.17, 15) is 9.59 Å². The lowest BCUT2D eigenvalue weighted by Gasteiger charge is -2.28. The normalized spacial score (nSPS) is 26.5. The van der Waals surface area contributed by atoms with Crippen LogP contribution in [0, 0.1) is 5.92 Å². The number of fused-ring (bicyclic) bond motifs is 2. The largest absolute Gasteiger partial charge is 0.465 e. The van der Waals surface area contributed by atoms with Crippen molar-refractivity contribution in [2.24, 2.45) is 5.92 Å². The molecule has 2 aliphatic heterocycles. The first kappa shape index (κ1) is 15.0. The minimum absolute atomic E-state index is 0.0216. The summed E-state index contributed by atoms with van der Waals surface area (Å²) in [6.07, 6.45) is 5.21. The molecule has 5 nitrogen and oxygen atoms in total. The van der Waals surface area contributed by atoms with Crippen LogP contribution in [0.1, 0.15) is 42.5 Å². The van der Waals surface area contributed by atoms with Gasteiger partial charge >= 0.3 is 5.97 Å². The summed E-state index contributed by atoms with van der Waals surface area (Å²) in [6.45, 7) is 0. The third-order valence-electron chi connectivity index (χ3n) is 4.61. The van der Waals surface area contributed by atoms with Crippen molar-refractivity contribution in [2.45, 2.75) is 44.2 Å². The summed E-state index contributed by atoms with van der Waals surface area (Å²) in [5, 5.41) is 6.48. The zero-order valence-corrected chi connectivity index (χ0v) is 12.8. The van der Waals surface area contributed by atoms with Crippen molar-refractivity contribution < 1.29 is 14.3 Å². The highest BCUT2D eigenvalue weighted by Gasteiger charge is 2.34. The van der Waals surface area contributed by atoms with Gasteiger partial charge in [-0.1, -0.05) is 6.07 Å². The van der Waals surface area contributed by atoms with Gasteiger partial charge in [-0.05, 0) is 49.8 Å². The first-order valence-electron chi connectivity index (χ1n) is 7.88. The predicted octanol–water partition coefficient (Wildman–Crippen LogP) is 2.33. The second-order valence-electron chi connectivity index (χ2n) is 6.30. The Bertz CT molecular complexity index is 561. The number of rotatable bonds is 4. The predicted molar refractivity (Wildman–Crippen MR) is 83.7 cm³/mol. The molecule has 2 heterocycles. The lowest BCUT2D eigenvalue weighted by atomic mass is 9.89. The maximum Gasteiger partial charge on any atom is 0.337 e. The lowest BCUT2D eigenvalue weighted by molar-refractivity contribution is -0.117. The van der Waals surface area contributed by atoms with Gasteiger partial charge in [0, 0.05) is 24.2 Å². The Hall–Kier alpha value is -1.88. The molecule has 118 valence electrons. The first-order chi connectivity index (χ1) is 10.6. The maximum absolute atomic E-state index is 12.2. The molecule has 3 rings (SSSR count). The molecule has 22 heavy (non-hydrogen) atoms. The Morgan fingerprint density at radius 1 is 1.27 bits per heavy atom. The number of hydrogen-bond acceptors (Lipinski definition) is 4. The summed E-state index contributed by atoms with van der Waals surface area (Å²) in [7, 11) is 1.35. The molecule has 2 aliphatic rings. The van der Waals surface area contributed by atoms with E-state index in [1.807, 2.05) is 0 Å². The Morgan fingerprint density at radius 3 is 2.68 bits per heavy atom. The Morgan fingerprint density at radius 2 is 2.00 bits per heavy atom. The molecule has 2 N–H and O–H groups in total. The van der Waals surface area contributed by atoms with Gasteiger partial charge in [0.25, 0.3) is 0 Å². The Balaban J connectivity index is 1.56. The van der Waals surface area contributed by atoms with Gasteiger partial charge in [0.05, 0.1) is 12.7 Å². The molecule has 2 fully saturated rings. The summed E-state index contributed by atoms with van der Waals surface area (Å²) < 4.78 is 4.69. The van der Waals surface area contributed by atoms with Gasteiger partial charge in [0.15, 0.2) is 0 Å². The number of piperidine rings is 1. The van der Waals surface area contributed by atoms with Crippen LogP contribution >= 0.6 is 0 Å². The monoisotopic (exact) mass is 302 g/mol. The molecule has 1 amide bonds. The van der Waals surface area contributed by atoms with E-state index in [1.165, 1.54) is 20.0 Å². The van der Waals surface area contributed by atoms with Crippen LogP contribution in [0.3, 0.4) is 0 Å². The molecule has 2 saturated heterocycles. The topological polar surface area (TPSA) is 67.4 Å². The SMILES string of the molecule is COC(=O)c1cccc(NC(=O)CC2CC3CCC(C2)N3)c1. The standard InChI is InChI=1S/C17H22N2O3/c1-22-17(21)12-3-2-4-13(10-12)19-16(20)9-11-7-14-5-6-15(8-11)18-14/h2-4,10-11,14-15,18H,5-9H2,1H3,(H,19,20). The van der Waals surface area contributed by atoms with Crippen LogP contribution in [0.4, 0.5) is 5.69 Å². The quantitative estimate of drug-likeness (QED) is 0.838. The van der Waals surface area contributed by atoms with Crippen molar-refractivity contribution in [1.29, 1.82) is 0 Å². The molecule has 2 bridgehead atoms. The number of carbonyl (C=O) groups is 2. The lowest BCUT2D eigenvalue weighted by Crippen LogP contribution is -2.39. The van der Waals surface area contributed by atoms with E-state index in [4.69, 9.17) is 0 Å². The molecule has 2 unspecified atom stereocenters. The summed E-state index contributed by atoms with van der Waals surface area (Å²) in [5.41, 5.74) is 1.09. The first-order valence-corrected chi connectivity index (χ1v) is 7.88. The zero-order valence-electron chi connectivity index (χ0n) is 12.8. The Kier molecular flexibility index (Phi) is 4.43. The van der Waals surface area contributed by atoms with E-state index < -0.39 is 5.97 Å². The Labute approximate surface area is 130 Å². The fraction of sp³-hybridized carbons (Fsp3) is 0.529. The van der Waals surface area contributed by atoms with Crippen molar-refractivity contribution in [3.8, 4) is 0 Å². The van der Waals surface area contributed by atoms with Crippen molar-refractivity contribution >= 4 is 17.6 Å². The van der Waals surface area contributed by atoms with E-state index in [-0.39, 0.29) is 5.91 Å². The van der Waals surface area contributed by atoms with E-state index in [0.717, 1.165) is 12.8 Å². The van der Waals surface area contributed by atoms with Crippen molar-refractivity contribution in [1.82, 2.24) is 5.32 Å². The van der Waals surface area contributed by atoms with Crippen molar-refractivity contribution in [3.05, 3.63) is 29.8 Å². The third-order valence-corrected chi connectivity index (χ3v) is 4.61. The molecule has 0 aromatic heterocycles. The number of methoxy groups -OCH3 is 1. The minimum Gasteiger partial charge on any atom is -0.465 e. The maximum atomic E-state index is 12.2. The van der Waals surface area contributed by atoms with Gasteiger partial charge < -0.3 is 15.4 Å². The third kappa shape index (κ3) is 3.47. The molecule has 1 aromatic rings. The molecule has 5 heteroatoms. The average molecular weight is 302 g/mol. The summed E-state index contributed by atoms with van der Waals surface area (Å²) >= 11 is 0. The van der Waals surface area contributed by atoms with E-state index in [0.29, 0.717) is 35.7 Å². The number of carbonyl (C=O) groups excluding carboxylic acids is 2. The number of benzene rings is 1. The zero-order chi connectivity index (χ0) is 15.5. The van der Waals surface area contributed by atoms with Crippen LogP contribution in [-0.4, -0.2) is 31.1 Å². The highest BCUT2D eigenvalue weighted by molar-refractivity contribution is 5.94. The van der Waals surface area contributed by atoms with Crippen molar-refractivity contribution in [2.75, 3.05) is 12.4 Å². The van der Waals surface area contributed by atoms with Crippen molar-refractivity contribution in [3.63, 3.8) is 0 Å². The second-order valence-corrected chi connectivity index (χ2v) is 6.30. The fourth-order valence-corrected chi connectivity index (χ4v) is 3.66. The highest BCUT2D eigenvalue weighted by atomic mass is 16.5. The van der Waals surface area contributed by atoms with Crippen LogP contribution in [0.15, 0.2) is 24.3 Å². The highest BCUT2D eigenvalue weighted by Crippen LogP contribution is 2.32. The summed E-state index contributed by atoms with van der Waals surface area (Å²) in [6, 6.07) is 8.05. The molecule has 0 spiro atoms. The van der Waals surface area contributed by atoms with Gasteiger partial charge in [-0.15, -0.1) is 0 Å². The molecule has 2 atom stereocenters. The van der Waals surface area contributed by atoms with Gasteiger partial charge in [-0.3, -0.25) is 4.79 Å². The average Bonchev–Trinajstić information content (AvgIpc) is 2.85. The fourth-order valence-electron chi connectivity index (χ4n) is 3.66. The number of hydrogen-bond donors (Lipinski definition) is 2. The molecular weight excluding hydrogens is 280 g/mol. The minimum atomic E-state index is -0.397. The number of anilines is 1. The van der Waals surface area contributed by atoms with Gasteiger partial charge in [0.2, 0.25) is 5.91 Å². The van der Waals surface area contributed by atoms with E-state index >= 15 is 0 Å². The van der Waals surface area contributed by atoms with Crippen LogP contribution < -0.4 is 10.6 Å². The van der Waals surface area contributed by atoms with Crippen LogP contribution in [0.5, 0.6) is 0 Å². The van der Waals surface area contributed by atoms with E-state index in [2.05, 4.69) is 15.4 Å². The van der Waals surface area contributed by atoms with Crippen LogP contribution in [0.2, 0.25) is 0 Å². The molecule has 1 aromatic carbocycles. The second kappa shape index (κ2) is 6.48. The number of amides is 1. The van der Waals surface area contributed by atoms with Crippen LogP contribution in [-0.2, 0) is 9.53 Å². The van der Waals surface area contributed by atoms with Gasteiger partial charge in [0.1, 0.15) is 0 Å². The van der Waals surface area contributed by atoms with Crippen LogP contribution in [0.25, 0.3) is 0 Å². The summed E-state index contributed by atoms with van der Waals surface area (Å²) in [5.74, 6) is 0.0851. The molecular formula is C17H22N2O3. The number of nitrogens with one attached hydrogen (secondary N) is 2. The molecule has 0 aliphatic carbocycles.